The molecule has 120 valence electrons. The van der Waals surface area contributed by atoms with Gasteiger partial charge >= 0.3 is 0 Å². The highest BCUT2D eigenvalue weighted by Crippen LogP contribution is 2.37. The van der Waals surface area contributed by atoms with Crippen LogP contribution in [0.2, 0.25) is 0 Å². The largest absolute Gasteiger partial charge is 0.330 e. The fourth-order valence-electron chi connectivity index (χ4n) is 2.97. The number of nitrogens with zero attached hydrogens (tertiary/aromatic N) is 1. The maximum atomic E-state index is 13.3. The van der Waals surface area contributed by atoms with Crippen molar-refractivity contribution in [2.75, 3.05) is 19.6 Å². The number of carbonyl (C=O) groups is 1. The second kappa shape index (κ2) is 7.06. The van der Waals surface area contributed by atoms with Crippen LogP contribution >= 0.6 is 11.3 Å². The van der Waals surface area contributed by atoms with Gasteiger partial charge in [0, 0.05) is 18.0 Å². The Balaban J connectivity index is 1.90. The third kappa shape index (κ3) is 3.35. The van der Waals surface area contributed by atoms with Crippen LogP contribution in [-0.4, -0.2) is 30.4 Å². The highest BCUT2D eigenvalue weighted by Gasteiger charge is 2.32. The van der Waals surface area contributed by atoms with E-state index < -0.39 is 0 Å². The Kier molecular flexibility index (Phi) is 4.88. The minimum Gasteiger partial charge on any atom is -0.330 e. The standard InChI is InChI=1S/C18H19FN2OS/c1-2-9-20-12-17(22)21-10-7-16-15(8-11-23-16)18(21)13-3-5-14(19)6-4-13/h2-6,8,11,18,20H,1,7,9-10,12H2. The quantitative estimate of drug-likeness (QED) is 0.675. The molecule has 1 amide bonds. The van der Waals surface area contributed by atoms with Crippen LogP contribution in [0.5, 0.6) is 0 Å². The van der Waals surface area contributed by atoms with Crippen molar-refractivity contribution in [3.63, 3.8) is 0 Å². The van der Waals surface area contributed by atoms with Gasteiger partial charge in [-0.25, -0.2) is 4.39 Å². The van der Waals surface area contributed by atoms with Crippen LogP contribution < -0.4 is 5.32 Å². The van der Waals surface area contributed by atoms with Crippen molar-refractivity contribution in [3.05, 3.63) is 70.2 Å². The number of carbonyl (C=O) groups excluding carboxylic acids is 1. The number of nitrogens with one attached hydrogen (secondary N) is 1. The van der Waals surface area contributed by atoms with E-state index in [0.29, 0.717) is 13.1 Å². The molecule has 3 rings (SSSR count). The van der Waals surface area contributed by atoms with Crippen LogP contribution in [0.3, 0.4) is 0 Å². The molecule has 1 unspecified atom stereocenters. The highest BCUT2D eigenvalue weighted by atomic mass is 32.1. The first kappa shape index (κ1) is 15.9. The molecule has 0 saturated carbocycles. The molecule has 1 aromatic carbocycles. The van der Waals surface area contributed by atoms with E-state index >= 15 is 0 Å². The lowest BCUT2D eigenvalue weighted by Crippen LogP contribution is -2.44. The normalized spacial score (nSPS) is 16.9. The van der Waals surface area contributed by atoms with Crippen molar-refractivity contribution in [1.29, 1.82) is 0 Å². The minimum atomic E-state index is -0.263. The molecular formula is C18H19FN2OS. The van der Waals surface area contributed by atoms with Gasteiger partial charge in [-0.05, 0) is 41.1 Å². The van der Waals surface area contributed by atoms with Crippen LogP contribution in [-0.2, 0) is 11.2 Å². The molecule has 2 heterocycles. The number of benzene rings is 1. The highest BCUT2D eigenvalue weighted by molar-refractivity contribution is 7.10. The summed E-state index contributed by atoms with van der Waals surface area (Å²) < 4.78 is 13.3. The molecular weight excluding hydrogens is 311 g/mol. The van der Waals surface area contributed by atoms with Gasteiger partial charge in [-0.15, -0.1) is 17.9 Å². The molecule has 0 bridgehead atoms. The summed E-state index contributed by atoms with van der Waals surface area (Å²) in [6.07, 6.45) is 2.61. The van der Waals surface area contributed by atoms with E-state index in [1.54, 1.807) is 29.5 Å². The first-order valence-electron chi connectivity index (χ1n) is 7.63. The fourth-order valence-corrected chi connectivity index (χ4v) is 3.88. The number of fused-ring (bicyclic) bond motifs is 1. The Morgan fingerprint density at radius 1 is 1.39 bits per heavy atom. The molecule has 5 heteroatoms. The summed E-state index contributed by atoms with van der Waals surface area (Å²) in [5.74, 6) is -0.210. The van der Waals surface area contributed by atoms with E-state index in [0.717, 1.165) is 17.5 Å². The van der Waals surface area contributed by atoms with Gasteiger partial charge in [0.2, 0.25) is 5.91 Å². The maximum Gasteiger partial charge on any atom is 0.237 e. The summed E-state index contributed by atoms with van der Waals surface area (Å²) >= 11 is 1.72. The van der Waals surface area contributed by atoms with E-state index in [-0.39, 0.29) is 24.3 Å². The molecule has 1 aliphatic rings. The Morgan fingerprint density at radius 2 is 2.17 bits per heavy atom. The molecule has 1 N–H and O–H groups in total. The van der Waals surface area contributed by atoms with Crippen molar-refractivity contribution in [3.8, 4) is 0 Å². The van der Waals surface area contributed by atoms with Gasteiger partial charge < -0.3 is 10.2 Å². The van der Waals surface area contributed by atoms with Crippen molar-refractivity contribution < 1.29 is 9.18 Å². The first-order chi connectivity index (χ1) is 11.2. The molecule has 1 atom stereocenters. The van der Waals surface area contributed by atoms with Crippen LogP contribution in [0.4, 0.5) is 4.39 Å². The van der Waals surface area contributed by atoms with Crippen molar-refractivity contribution in [1.82, 2.24) is 10.2 Å². The van der Waals surface area contributed by atoms with E-state index in [2.05, 4.69) is 23.3 Å². The van der Waals surface area contributed by atoms with Crippen LogP contribution in [0.15, 0.2) is 48.4 Å². The molecule has 0 aliphatic carbocycles. The zero-order chi connectivity index (χ0) is 16.2. The third-order valence-electron chi connectivity index (χ3n) is 4.04. The maximum absolute atomic E-state index is 13.3. The Morgan fingerprint density at radius 3 is 2.91 bits per heavy atom. The summed E-state index contributed by atoms with van der Waals surface area (Å²) in [5.41, 5.74) is 2.10. The topological polar surface area (TPSA) is 32.3 Å². The number of amides is 1. The fraction of sp³-hybridized carbons (Fsp3) is 0.278. The summed E-state index contributed by atoms with van der Waals surface area (Å²) in [6.45, 7) is 5.21. The number of rotatable bonds is 5. The average Bonchev–Trinajstić information content (AvgIpc) is 3.03. The van der Waals surface area contributed by atoms with Crippen LogP contribution in [0, 0.1) is 5.82 Å². The van der Waals surface area contributed by atoms with Gasteiger partial charge in [-0.1, -0.05) is 18.2 Å². The molecule has 0 saturated heterocycles. The number of hydrogen-bond donors (Lipinski definition) is 1. The Labute approximate surface area is 139 Å². The van der Waals surface area contributed by atoms with E-state index in [4.69, 9.17) is 0 Å². The zero-order valence-corrected chi connectivity index (χ0v) is 13.6. The molecule has 23 heavy (non-hydrogen) atoms. The van der Waals surface area contributed by atoms with Gasteiger partial charge in [-0.2, -0.15) is 0 Å². The second-order valence-corrected chi connectivity index (χ2v) is 6.51. The SMILES string of the molecule is C=CCNCC(=O)N1CCc2sccc2C1c1ccc(F)cc1. The van der Waals surface area contributed by atoms with Gasteiger partial charge in [0.1, 0.15) is 5.82 Å². The zero-order valence-electron chi connectivity index (χ0n) is 12.8. The molecule has 1 aliphatic heterocycles. The van der Waals surface area contributed by atoms with E-state index in [1.165, 1.54) is 17.0 Å². The van der Waals surface area contributed by atoms with Crippen molar-refractivity contribution in [2.24, 2.45) is 0 Å². The van der Waals surface area contributed by atoms with E-state index in [9.17, 15) is 9.18 Å². The van der Waals surface area contributed by atoms with Gasteiger partial charge in [0.05, 0.1) is 12.6 Å². The minimum absolute atomic E-state index is 0.0537. The lowest BCUT2D eigenvalue weighted by molar-refractivity contribution is -0.132. The van der Waals surface area contributed by atoms with Gasteiger partial charge in [0.25, 0.3) is 0 Å². The van der Waals surface area contributed by atoms with E-state index in [1.807, 2.05) is 4.90 Å². The lowest BCUT2D eigenvalue weighted by Gasteiger charge is -2.36. The monoisotopic (exact) mass is 330 g/mol. The predicted molar refractivity (Wildman–Crippen MR) is 91.0 cm³/mol. The van der Waals surface area contributed by atoms with Gasteiger partial charge in [0.15, 0.2) is 0 Å². The lowest BCUT2D eigenvalue weighted by atomic mass is 9.93. The number of halogens is 1. The molecule has 2 aromatic rings. The number of hydrogen-bond acceptors (Lipinski definition) is 3. The smallest absolute Gasteiger partial charge is 0.237 e. The summed E-state index contributed by atoms with van der Waals surface area (Å²) in [7, 11) is 0. The van der Waals surface area contributed by atoms with Crippen molar-refractivity contribution >= 4 is 17.2 Å². The molecule has 0 fully saturated rings. The van der Waals surface area contributed by atoms with Crippen LogP contribution in [0.25, 0.3) is 0 Å². The molecule has 3 nitrogen and oxygen atoms in total. The molecule has 0 spiro atoms. The first-order valence-corrected chi connectivity index (χ1v) is 8.51. The summed E-state index contributed by atoms with van der Waals surface area (Å²) in [5, 5.41) is 5.13. The molecule has 0 radical (unpaired) electrons. The summed E-state index contributed by atoms with van der Waals surface area (Å²) in [6, 6.07) is 8.38. The number of thiophene rings is 1. The molecule has 1 aromatic heterocycles. The van der Waals surface area contributed by atoms with Gasteiger partial charge in [-0.3, -0.25) is 4.79 Å². The Bertz CT molecular complexity index is 695. The average molecular weight is 330 g/mol. The predicted octanol–water partition coefficient (Wildman–Crippen LogP) is 3.14. The summed E-state index contributed by atoms with van der Waals surface area (Å²) in [4.78, 5) is 15.8. The van der Waals surface area contributed by atoms with Crippen molar-refractivity contribution in [2.45, 2.75) is 12.5 Å². The van der Waals surface area contributed by atoms with Crippen LogP contribution in [0.1, 0.15) is 22.0 Å². The third-order valence-corrected chi connectivity index (χ3v) is 5.03. The Hall–Kier alpha value is -1.98. The second-order valence-electron chi connectivity index (χ2n) is 5.51.